The lowest BCUT2D eigenvalue weighted by Gasteiger charge is -2.48. The first kappa shape index (κ1) is 19.0. The highest BCUT2D eigenvalue weighted by atomic mass is 16.4. The van der Waals surface area contributed by atoms with Crippen LogP contribution in [0.4, 0.5) is 0 Å². The monoisotopic (exact) mass is 373 g/mol. The van der Waals surface area contributed by atoms with Crippen LogP contribution in [-0.2, 0) is 11.3 Å². The van der Waals surface area contributed by atoms with Crippen molar-refractivity contribution in [1.82, 2.24) is 14.5 Å². The quantitative estimate of drug-likeness (QED) is 0.778. The van der Waals surface area contributed by atoms with Gasteiger partial charge in [0.25, 0.3) is 0 Å². The van der Waals surface area contributed by atoms with Gasteiger partial charge in [-0.15, -0.1) is 0 Å². The summed E-state index contributed by atoms with van der Waals surface area (Å²) in [6.45, 7) is 7.19. The highest BCUT2D eigenvalue weighted by molar-refractivity contribution is 5.66. The van der Waals surface area contributed by atoms with E-state index in [4.69, 9.17) is 10.1 Å². The lowest BCUT2D eigenvalue weighted by Crippen LogP contribution is -2.48. The second-order valence-electron chi connectivity index (χ2n) is 9.40. The molecule has 0 aromatic carbocycles. The predicted molar refractivity (Wildman–Crippen MR) is 106 cm³/mol. The van der Waals surface area contributed by atoms with Gasteiger partial charge in [-0.3, -0.25) is 4.79 Å². The summed E-state index contributed by atoms with van der Waals surface area (Å²) in [4.78, 5) is 18.3. The fraction of sp³-hybridized carbons (Fsp3) is 0.818. The van der Waals surface area contributed by atoms with Crippen LogP contribution in [0.15, 0.2) is 6.20 Å². The minimum atomic E-state index is -0.658. The number of carboxylic acid groups (broad SMARTS) is 1. The Kier molecular flexibility index (Phi) is 5.58. The van der Waals surface area contributed by atoms with E-state index in [1.807, 2.05) is 0 Å². The number of imidazole rings is 1. The van der Waals surface area contributed by atoms with Gasteiger partial charge in [0.1, 0.15) is 5.82 Å². The SMILES string of the molecule is Cc1nc(C2CCC(CCC(=O)O)CC2)cn1CCC12CCN(CC1)CC2. The Labute approximate surface area is 163 Å². The van der Waals surface area contributed by atoms with Crippen molar-refractivity contribution in [2.45, 2.75) is 83.6 Å². The largest absolute Gasteiger partial charge is 0.481 e. The summed E-state index contributed by atoms with van der Waals surface area (Å²) in [5.74, 6) is 1.68. The van der Waals surface area contributed by atoms with E-state index in [0.29, 0.717) is 23.7 Å². The molecule has 5 rings (SSSR count). The number of aromatic nitrogens is 2. The normalized spacial score (nSPS) is 33.3. The Morgan fingerprint density at radius 3 is 2.48 bits per heavy atom. The van der Waals surface area contributed by atoms with Crippen molar-refractivity contribution in [2.75, 3.05) is 19.6 Å². The average molecular weight is 374 g/mol. The maximum Gasteiger partial charge on any atom is 0.303 e. The van der Waals surface area contributed by atoms with Crippen LogP contribution in [0.3, 0.4) is 0 Å². The Bertz CT molecular complexity index is 639. The molecule has 0 unspecified atom stereocenters. The topological polar surface area (TPSA) is 58.4 Å². The van der Waals surface area contributed by atoms with Crippen LogP contribution in [0.25, 0.3) is 0 Å². The molecule has 1 aliphatic carbocycles. The average Bonchev–Trinajstić information content (AvgIpc) is 3.07. The lowest BCUT2D eigenvalue weighted by molar-refractivity contribution is -0.137. The number of carbonyl (C=O) groups is 1. The molecule has 4 heterocycles. The fourth-order valence-electron chi connectivity index (χ4n) is 5.66. The molecule has 4 aliphatic rings. The first-order valence-electron chi connectivity index (χ1n) is 11.0. The summed E-state index contributed by atoms with van der Waals surface area (Å²) in [6, 6.07) is 0. The zero-order valence-corrected chi connectivity index (χ0v) is 16.8. The van der Waals surface area contributed by atoms with Crippen molar-refractivity contribution < 1.29 is 9.90 Å². The van der Waals surface area contributed by atoms with Crippen molar-refractivity contribution in [3.05, 3.63) is 17.7 Å². The van der Waals surface area contributed by atoms with Gasteiger partial charge in [-0.25, -0.2) is 4.98 Å². The van der Waals surface area contributed by atoms with Gasteiger partial charge in [0.05, 0.1) is 5.69 Å². The van der Waals surface area contributed by atoms with E-state index in [1.54, 1.807) is 0 Å². The molecule has 3 saturated heterocycles. The van der Waals surface area contributed by atoms with E-state index in [-0.39, 0.29) is 0 Å². The molecule has 5 heteroatoms. The van der Waals surface area contributed by atoms with E-state index in [2.05, 4.69) is 22.6 Å². The number of hydrogen-bond donors (Lipinski definition) is 1. The minimum absolute atomic E-state index is 0.322. The van der Waals surface area contributed by atoms with Crippen molar-refractivity contribution in [2.24, 2.45) is 11.3 Å². The minimum Gasteiger partial charge on any atom is -0.481 e. The molecule has 150 valence electrons. The molecule has 3 aliphatic heterocycles. The number of rotatable bonds is 7. The van der Waals surface area contributed by atoms with Crippen molar-refractivity contribution in [1.29, 1.82) is 0 Å². The molecular formula is C22H35N3O2. The van der Waals surface area contributed by atoms with Gasteiger partial charge >= 0.3 is 5.97 Å². The van der Waals surface area contributed by atoms with E-state index >= 15 is 0 Å². The lowest BCUT2D eigenvalue weighted by atomic mass is 9.70. The zero-order chi connectivity index (χ0) is 18.9. The Morgan fingerprint density at radius 2 is 1.85 bits per heavy atom. The smallest absolute Gasteiger partial charge is 0.303 e. The Balaban J connectivity index is 1.30. The number of nitrogens with zero attached hydrogens (tertiary/aromatic N) is 3. The molecule has 27 heavy (non-hydrogen) atoms. The van der Waals surface area contributed by atoms with Crippen molar-refractivity contribution in [3.8, 4) is 0 Å². The van der Waals surface area contributed by atoms with Crippen LogP contribution in [0.2, 0.25) is 0 Å². The summed E-state index contributed by atoms with van der Waals surface area (Å²) in [5, 5.41) is 8.88. The number of aryl methyl sites for hydroxylation is 2. The molecule has 1 aromatic heterocycles. The van der Waals surface area contributed by atoms with Gasteiger partial charge in [-0.05, 0) is 95.7 Å². The molecular weight excluding hydrogens is 338 g/mol. The summed E-state index contributed by atoms with van der Waals surface area (Å²) < 4.78 is 2.40. The molecule has 4 fully saturated rings. The molecule has 0 amide bonds. The summed E-state index contributed by atoms with van der Waals surface area (Å²) in [5.41, 5.74) is 1.87. The number of carboxylic acids is 1. The number of piperidine rings is 3. The van der Waals surface area contributed by atoms with Crippen molar-refractivity contribution >= 4 is 5.97 Å². The number of fused-ring (bicyclic) bond motifs is 3. The third kappa shape index (κ3) is 4.39. The van der Waals surface area contributed by atoms with E-state index in [0.717, 1.165) is 25.8 Å². The maximum absolute atomic E-state index is 10.8. The number of hydrogen-bond acceptors (Lipinski definition) is 3. The zero-order valence-electron chi connectivity index (χ0n) is 16.8. The van der Waals surface area contributed by atoms with Gasteiger partial charge in [0.15, 0.2) is 0 Å². The van der Waals surface area contributed by atoms with Crippen LogP contribution < -0.4 is 0 Å². The van der Waals surface area contributed by atoms with Crippen LogP contribution in [0.1, 0.15) is 81.6 Å². The third-order valence-electron chi connectivity index (χ3n) is 7.78. The first-order valence-corrected chi connectivity index (χ1v) is 11.0. The maximum atomic E-state index is 10.8. The second kappa shape index (κ2) is 7.94. The van der Waals surface area contributed by atoms with Gasteiger partial charge in [0, 0.05) is 25.1 Å². The van der Waals surface area contributed by atoms with Crippen LogP contribution >= 0.6 is 0 Å². The molecule has 0 atom stereocenters. The second-order valence-corrected chi connectivity index (χ2v) is 9.40. The predicted octanol–water partition coefficient (Wildman–Crippen LogP) is 4.21. The summed E-state index contributed by atoms with van der Waals surface area (Å²) >= 11 is 0. The molecule has 1 N–H and O–H groups in total. The third-order valence-corrected chi connectivity index (χ3v) is 7.78. The van der Waals surface area contributed by atoms with Crippen LogP contribution in [0, 0.1) is 18.3 Å². The van der Waals surface area contributed by atoms with Crippen LogP contribution in [0.5, 0.6) is 0 Å². The van der Waals surface area contributed by atoms with Gasteiger partial charge < -0.3 is 14.6 Å². The molecule has 5 nitrogen and oxygen atoms in total. The van der Waals surface area contributed by atoms with Gasteiger partial charge in [-0.2, -0.15) is 0 Å². The van der Waals surface area contributed by atoms with Crippen LogP contribution in [-0.4, -0.2) is 45.2 Å². The fourth-order valence-corrected chi connectivity index (χ4v) is 5.66. The molecule has 1 aromatic rings. The standard InChI is InChI=1S/C22H35N3O2/c1-17-23-20(19-5-2-18(3-6-19)4-7-21(26)27)16-25(17)15-11-22-8-12-24(13-9-22)14-10-22/h16,18-19H,2-15H2,1H3,(H,26,27). The van der Waals surface area contributed by atoms with E-state index < -0.39 is 5.97 Å². The molecule has 1 saturated carbocycles. The highest BCUT2D eigenvalue weighted by Gasteiger charge is 2.38. The first-order chi connectivity index (χ1) is 13.0. The summed E-state index contributed by atoms with van der Waals surface area (Å²) in [7, 11) is 0. The van der Waals surface area contributed by atoms with E-state index in [9.17, 15) is 4.79 Å². The Morgan fingerprint density at radius 1 is 1.19 bits per heavy atom. The molecule has 0 spiro atoms. The Hall–Kier alpha value is -1.36. The van der Waals surface area contributed by atoms with Gasteiger partial charge in [-0.1, -0.05) is 0 Å². The number of aliphatic carboxylic acids is 1. The van der Waals surface area contributed by atoms with Gasteiger partial charge in [0.2, 0.25) is 0 Å². The highest BCUT2D eigenvalue weighted by Crippen LogP contribution is 2.43. The van der Waals surface area contributed by atoms with Crippen molar-refractivity contribution in [3.63, 3.8) is 0 Å². The summed E-state index contributed by atoms with van der Waals surface area (Å²) in [6.07, 6.45) is 13.6. The molecule has 0 radical (unpaired) electrons. The van der Waals surface area contributed by atoms with E-state index in [1.165, 1.54) is 69.7 Å². The molecule has 2 bridgehead atoms.